The molecule has 0 aliphatic carbocycles. The average Bonchev–Trinajstić information content (AvgIpc) is 3.33. The summed E-state index contributed by atoms with van der Waals surface area (Å²) in [6.45, 7) is 5.20. The van der Waals surface area contributed by atoms with Crippen LogP contribution in [0.5, 0.6) is 0 Å². The van der Waals surface area contributed by atoms with E-state index in [1.54, 1.807) is 0 Å². The normalized spacial score (nSPS) is 14.6. The van der Waals surface area contributed by atoms with Crippen molar-refractivity contribution >= 4 is 5.91 Å². The van der Waals surface area contributed by atoms with Gasteiger partial charge in [-0.15, -0.1) is 0 Å². The number of aryl methyl sites for hydroxylation is 3. The van der Waals surface area contributed by atoms with Crippen molar-refractivity contribution in [2.75, 3.05) is 13.1 Å². The molecule has 3 rings (SSSR count). The van der Waals surface area contributed by atoms with Crippen LogP contribution < -0.4 is 0 Å². The van der Waals surface area contributed by atoms with Gasteiger partial charge < -0.3 is 9.47 Å². The Kier molecular flexibility index (Phi) is 12.3. The van der Waals surface area contributed by atoms with Crippen LogP contribution in [0.4, 0.5) is 0 Å². The Morgan fingerprint density at radius 2 is 1.59 bits per heavy atom. The van der Waals surface area contributed by atoms with E-state index >= 15 is 0 Å². The molecule has 188 valence electrons. The number of piperidine rings is 1. The van der Waals surface area contributed by atoms with Crippen LogP contribution in [-0.2, 0) is 24.2 Å². The summed E-state index contributed by atoms with van der Waals surface area (Å²) < 4.78 is 2.38. The lowest BCUT2D eigenvalue weighted by molar-refractivity contribution is -0.132. The maximum atomic E-state index is 12.6. The molecule has 34 heavy (non-hydrogen) atoms. The van der Waals surface area contributed by atoms with Gasteiger partial charge in [0.2, 0.25) is 5.91 Å². The van der Waals surface area contributed by atoms with E-state index in [9.17, 15) is 4.79 Å². The maximum Gasteiger partial charge on any atom is 0.222 e. The van der Waals surface area contributed by atoms with Crippen LogP contribution in [0.3, 0.4) is 0 Å². The predicted molar refractivity (Wildman–Crippen MR) is 142 cm³/mol. The topological polar surface area (TPSA) is 38.1 Å². The minimum absolute atomic E-state index is 0.320. The van der Waals surface area contributed by atoms with E-state index in [-0.39, 0.29) is 0 Å². The van der Waals surface area contributed by atoms with Gasteiger partial charge in [0.25, 0.3) is 0 Å². The molecule has 1 aliphatic heterocycles. The monoisotopic (exact) mass is 465 g/mol. The summed E-state index contributed by atoms with van der Waals surface area (Å²) in [4.78, 5) is 19.3. The summed E-state index contributed by atoms with van der Waals surface area (Å²) in [5.41, 5.74) is 1.25. The van der Waals surface area contributed by atoms with E-state index in [0.717, 1.165) is 51.2 Å². The summed E-state index contributed by atoms with van der Waals surface area (Å²) in [6.07, 6.45) is 22.5. The van der Waals surface area contributed by atoms with Crippen molar-refractivity contribution in [2.45, 2.75) is 110 Å². The third-order valence-electron chi connectivity index (χ3n) is 7.52. The zero-order chi connectivity index (χ0) is 23.8. The fraction of sp³-hybridized carbons (Fsp3) is 0.667. The van der Waals surface area contributed by atoms with Crippen LogP contribution in [0.25, 0.3) is 0 Å². The van der Waals surface area contributed by atoms with Gasteiger partial charge in [-0.1, -0.05) is 88.6 Å². The first-order chi connectivity index (χ1) is 16.8. The average molecular weight is 466 g/mol. The van der Waals surface area contributed by atoms with Crippen LogP contribution in [0.15, 0.2) is 42.7 Å². The molecule has 0 unspecified atom stereocenters. The van der Waals surface area contributed by atoms with Gasteiger partial charge in [0.15, 0.2) is 0 Å². The number of carbonyl (C=O) groups excluding carboxylic acids is 1. The van der Waals surface area contributed by atoms with Gasteiger partial charge in [-0.05, 0) is 43.6 Å². The number of hydrogen-bond donors (Lipinski definition) is 0. The second-order valence-electron chi connectivity index (χ2n) is 10.2. The van der Waals surface area contributed by atoms with Gasteiger partial charge in [-0.25, -0.2) is 4.98 Å². The van der Waals surface area contributed by atoms with E-state index in [1.165, 1.54) is 75.6 Å². The Bertz CT molecular complexity index is 792. The zero-order valence-corrected chi connectivity index (χ0v) is 21.6. The quantitative estimate of drug-likeness (QED) is 0.245. The third kappa shape index (κ3) is 9.64. The molecular formula is C30H47N3O. The molecule has 2 aromatic rings. The summed E-state index contributed by atoms with van der Waals surface area (Å²) in [7, 11) is 0. The molecule has 2 heterocycles. The molecule has 0 N–H and O–H groups in total. The molecule has 1 aromatic heterocycles. The highest BCUT2D eigenvalue weighted by atomic mass is 16.2. The standard InChI is InChI=1S/C30H47N3O/c1-2-3-4-5-6-7-8-9-13-16-29-31-22-26-32(29)23-19-28-20-24-33(25-21-28)30(34)18-17-27-14-11-10-12-15-27/h10-12,14-15,22,26,28H,2-9,13,16-21,23-25H2,1H3. The van der Waals surface area contributed by atoms with Crippen molar-refractivity contribution in [3.8, 4) is 0 Å². The molecule has 0 radical (unpaired) electrons. The number of unbranched alkanes of at least 4 members (excludes halogenated alkanes) is 8. The number of rotatable bonds is 16. The Balaban J connectivity index is 1.26. The molecule has 1 amide bonds. The van der Waals surface area contributed by atoms with Gasteiger partial charge in [0.1, 0.15) is 5.82 Å². The number of hydrogen-bond acceptors (Lipinski definition) is 2. The van der Waals surface area contributed by atoms with E-state index in [4.69, 9.17) is 0 Å². The molecule has 0 atom stereocenters. The molecule has 1 fully saturated rings. The largest absolute Gasteiger partial charge is 0.343 e. The number of aromatic nitrogens is 2. The van der Waals surface area contributed by atoms with Crippen LogP contribution in [0.1, 0.15) is 102 Å². The minimum Gasteiger partial charge on any atom is -0.343 e. The van der Waals surface area contributed by atoms with Crippen LogP contribution in [0, 0.1) is 5.92 Å². The van der Waals surface area contributed by atoms with Gasteiger partial charge in [0.05, 0.1) is 0 Å². The van der Waals surface area contributed by atoms with Crippen molar-refractivity contribution < 1.29 is 4.79 Å². The Labute approximate surface area is 208 Å². The van der Waals surface area contributed by atoms with Crippen LogP contribution in [0.2, 0.25) is 0 Å². The molecule has 0 bridgehead atoms. The van der Waals surface area contributed by atoms with Gasteiger partial charge in [-0.3, -0.25) is 4.79 Å². The smallest absolute Gasteiger partial charge is 0.222 e. The number of amides is 1. The van der Waals surface area contributed by atoms with E-state index in [0.29, 0.717) is 12.3 Å². The van der Waals surface area contributed by atoms with Gasteiger partial charge >= 0.3 is 0 Å². The van der Waals surface area contributed by atoms with Crippen molar-refractivity contribution in [2.24, 2.45) is 5.92 Å². The fourth-order valence-electron chi connectivity index (χ4n) is 5.21. The molecule has 4 heteroatoms. The lowest BCUT2D eigenvalue weighted by atomic mass is 9.93. The SMILES string of the molecule is CCCCCCCCCCCc1nccn1CCC1CCN(C(=O)CCc2ccccc2)CC1. The molecule has 0 spiro atoms. The highest BCUT2D eigenvalue weighted by Gasteiger charge is 2.22. The molecule has 0 saturated carbocycles. The lowest BCUT2D eigenvalue weighted by Crippen LogP contribution is -2.38. The summed E-state index contributed by atoms with van der Waals surface area (Å²) in [5.74, 6) is 2.30. The third-order valence-corrected chi connectivity index (χ3v) is 7.52. The van der Waals surface area contributed by atoms with Crippen molar-refractivity contribution in [1.82, 2.24) is 14.5 Å². The first kappa shape index (κ1) is 26.5. The summed E-state index contributed by atoms with van der Waals surface area (Å²) in [6, 6.07) is 10.3. The van der Waals surface area contributed by atoms with Crippen molar-refractivity contribution in [1.29, 1.82) is 0 Å². The fourth-order valence-corrected chi connectivity index (χ4v) is 5.21. The first-order valence-electron chi connectivity index (χ1n) is 14.1. The first-order valence-corrected chi connectivity index (χ1v) is 14.1. The Morgan fingerprint density at radius 3 is 2.29 bits per heavy atom. The zero-order valence-electron chi connectivity index (χ0n) is 21.6. The Morgan fingerprint density at radius 1 is 0.912 bits per heavy atom. The van der Waals surface area contributed by atoms with E-state index < -0.39 is 0 Å². The summed E-state index contributed by atoms with van der Waals surface area (Å²) in [5, 5.41) is 0. The van der Waals surface area contributed by atoms with Crippen LogP contribution in [-0.4, -0.2) is 33.4 Å². The van der Waals surface area contributed by atoms with Crippen molar-refractivity contribution in [3.63, 3.8) is 0 Å². The van der Waals surface area contributed by atoms with E-state index in [1.807, 2.05) is 24.4 Å². The number of benzene rings is 1. The number of imidazole rings is 1. The van der Waals surface area contributed by atoms with E-state index in [2.05, 4.69) is 39.7 Å². The second-order valence-corrected chi connectivity index (χ2v) is 10.2. The highest BCUT2D eigenvalue weighted by Crippen LogP contribution is 2.22. The van der Waals surface area contributed by atoms with Crippen LogP contribution >= 0.6 is 0 Å². The molecule has 1 aromatic carbocycles. The second kappa shape index (κ2) is 15.7. The van der Waals surface area contributed by atoms with Gasteiger partial charge in [0, 0.05) is 44.9 Å². The minimum atomic E-state index is 0.320. The summed E-state index contributed by atoms with van der Waals surface area (Å²) >= 11 is 0. The lowest BCUT2D eigenvalue weighted by Gasteiger charge is -2.32. The predicted octanol–water partition coefficient (Wildman–Crippen LogP) is 7.22. The molecule has 1 saturated heterocycles. The van der Waals surface area contributed by atoms with Crippen molar-refractivity contribution in [3.05, 3.63) is 54.1 Å². The number of carbonyl (C=O) groups is 1. The Hall–Kier alpha value is -2.10. The molecular weight excluding hydrogens is 418 g/mol. The maximum absolute atomic E-state index is 12.6. The molecule has 4 nitrogen and oxygen atoms in total. The highest BCUT2D eigenvalue weighted by molar-refractivity contribution is 5.76. The molecule has 1 aliphatic rings. The number of nitrogens with zero attached hydrogens (tertiary/aromatic N) is 3. The van der Waals surface area contributed by atoms with Gasteiger partial charge in [-0.2, -0.15) is 0 Å². The number of likely N-dealkylation sites (tertiary alicyclic amines) is 1.